The zero-order chi connectivity index (χ0) is 13.1. The van der Waals surface area contributed by atoms with Crippen LogP contribution in [-0.4, -0.2) is 0 Å². The number of para-hydroxylation sites is 1. The predicted octanol–water partition coefficient (Wildman–Crippen LogP) is 4.73. The molecule has 2 aliphatic carbocycles. The van der Waals surface area contributed by atoms with Crippen LogP contribution in [0, 0.1) is 0 Å². The highest BCUT2D eigenvalue weighted by Gasteiger charge is 2.16. The lowest BCUT2D eigenvalue weighted by molar-refractivity contribution is 0.903. The molecule has 0 unspecified atom stereocenters. The molecule has 1 nitrogen and oxygen atoms in total. The summed E-state index contributed by atoms with van der Waals surface area (Å²) >= 11 is 0. The monoisotopic (exact) mass is 247 g/mol. The first-order valence-corrected chi connectivity index (χ1v) is 6.71. The summed E-state index contributed by atoms with van der Waals surface area (Å²) in [7, 11) is 0. The zero-order valence-corrected chi connectivity index (χ0v) is 11.1. The van der Waals surface area contributed by atoms with Crippen molar-refractivity contribution in [3.05, 3.63) is 83.4 Å². The lowest BCUT2D eigenvalue weighted by atomic mass is 10.1. The number of hydrogen-bond acceptors (Lipinski definition) is 1. The SMILES string of the molecule is CC1=C=C(N(C2=CC=CCC2)c2ccccc2)C=C1. The van der Waals surface area contributed by atoms with Gasteiger partial charge in [-0.1, -0.05) is 36.1 Å². The van der Waals surface area contributed by atoms with Crippen LogP contribution in [0.2, 0.25) is 0 Å². The maximum Gasteiger partial charge on any atom is 0.0890 e. The van der Waals surface area contributed by atoms with Crippen LogP contribution >= 0.6 is 0 Å². The van der Waals surface area contributed by atoms with Crippen molar-refractivity contribution >= 4 is 5.69 Å². The maximum atomic E-state index is 3.43. The number of allylic oxidation sites excluding steroid dienone is 6. The summed E-state index contributed by atoms with van der Waals surface area (Å²) in [6.07, 6.45) is 13.0. The third kappa shape index (κ3) is 2.47. The van der Waals surface area contributed by atoms with Crippen LogP contribution in [0.1, 0.15) is 19.8 Å². The Hall–Kier alpha value is -2.24. The molecule has 0 radical (unpaired) electrons. The van der Waals surface area contributed by atoms with Crippen LogP contribution in [0.15, 0.2) is 83.4 Å². The van der Waals surface area contributed by atoms with E-state index in [1.54, 1.807) is 0 Å². The molecular formula is C18H17N. The standard InChI is InChI=1S/C18H17N/c1-15-12-13-18(14-15)19(16-8-4-2-5-9-16)17-10-6-3-7-11-17/h2-6,8-10,12-13H,7,11H2,1H3. The lowest BCUT2D eigenvalue weighted by Crippen LogP contribution is -2.20. The topological polar surface area (TPSA) is 3.24 Å². The molecule has 19 heavy (non-hydrogen) atoms. The van der Waals surface area contributed by atoms with Crippen molar-refractivity contribution in [3.63, 3.8) is 0 Å². The maximum absolute atomic E-state index is 3.43. The Kier molecular flexibility index (Phi) is 3.22. The quantitative estimate of drug-likeness (QED) is 0.698. The van der Waals surface area contributed by atoms with Crippen LogP contribution < -0.4 is 4.90 Å². The van der Waals surface area contributed by atoms with E-state index in [9.17, 15) is 0 Å². The zero-order valence-electron chi connectivity index (χ0n) is 11.1. The van der Waals surface area contributed by atoms with Crippen molar-refractivity contribution in [1.29, 1.82) is 0 Å². The van der Waals surface area contributed by atoms with Gasteiger partial charge >= 0.3 is 0 Å². The summed E-state index contributed by atoms with van der Waals surface area (Å²) in [6.45, 7) is 2.09. The van der Waals surface area contributed by atoms with Gasteiger partial charge in [0.1, 0.15) is 0 Å². The van der Waals surface area contributed by atoms with E-state index in [4.69, 9.17) is 0 Å². The van der Waals surface area contributed by atoms with E-state index in [0.717, 1.165) is 18.5 Å². The van der Waals surface area contributed by atoms with Gasteiger partial charge in [0.15, 0.2) is 0 Å². The van der Waals surface area contributed by atoms with E-state index in [-0.39, 0.29) is 0 Å². The summed E-state index contributed by atoms with van der Waals surface area (Å²) in [5, 5.41) is 0. The fraction of sp³-hybridized carbons (Fsp3) is 0.167. The molecule has 2 aliphatic rings. The van der Waals surface area contributed by atoms with Crippen molar-refractivity contribution in [2.75, 3.05) is 4.90 Å². The Balaban J connectivity index is 2.07. The molecule has 3 rings (SSSR count). The molecule has 0 aromatic heterocycles. The molecule has 0 atom stereocenters. The molecule has 0 bridgehead atoms. The van der Waals surface area contributed by atoms with Gasteiger partial charge in [0.05, 0.1) is 5.70 Å². The normalized spacial score (nSPS) is 17.0. The molecule has 94 valence electrons. The molecule has 0 aliphatic heterocycles. The lowest BCUT2D eigenvalue weighted by Gasteiger charge is -2.27. The summed E-state index contributed by atoms with van der Waals surface area (Å²) in [5.74, 6) is 0. The molecule has 1 aromatic carbocycles. The van der Waals surface area contributed by atoms with Crippen LogP contribution in [0.3, 0.4) is 0 Å². The third-order valence-corrected chi connectivity index (χ3v) is 3.35. The van der Waals surface area contributed by atoms with E-state index in [0.29, 0.717) is 0 Å². The molecule has 0 heterocycles. The van der Waals surface area contributed by atoms with Crippen LogP contribution in [0.5, 0.6) is 0 Å². The molecule has 0 amide bonds. The molecule has 0 fully saturated rings. The Bertz CT molecular complexity index is 623. The van der Waals surface area contributed by atoms with Crippen molar-refractivity contribution in [1.82, 2.24) is 0 Å². The van der Waals surface area contributed by atoms with Crippen molar-refractivity contribution in [2.24, 2.45) is 0 Å². The van der Waals surface area contributed by atoms with Crippen molar-refractivity contribution in [3.8, 4) is 0 Å². The highest BCUT2D eigenvalue weighted by atomic mass is 15.2. The van der Waals surface area contributed by atoms with Crippen LogP contribution in [0.25, 0.3) is 0 Å². The summed E-state index contributed by atoms with van der Waals surface area (Å²) < 4.78 is 0. The Morgan fingerprint density at radius 2 is 1.95 bits per heavy atom. The van der Waals surface area contributed by atoms with E-state index in [2.05, 4.69) is 78.3 Å². The van der Waals surface area contributed by atoms with Gasteiger partial charge in [0.25, 0.3) is 0 Å². The second kappa shape index (κ2) is 5.17. The highest BCUT2D eigenvalue weighted by molar-refractivity contribution is 5.62. The average molecular weight is 247 g/mol. The van der Waals surface area contributed by atoms with Gasteiger partial charge in [0, 0.05) is 11.4 Å². The van der Waals surface area contributed by atoms with Crippen LogP contribution in [0.4, 0.5) is 5.69 Å². The molecule has 1 heteroatoms. The fourth-order valence-electron chi connectivity index (χ4n) is 2.43. The third-order valence-electron chi connectivity index (χ3n) is 3.35. The number of nitrogens with zero attached hydrogens (tertiary/aromatic N) is 1. The molecule has 0 saturated heterocycles. The summed E-state index contributed by atoms with van der Waals surface area (Å²) in [5.41, 5.74) is 8.28. The van der Waals surface area contributed by atoms with Gasteiger partial charge in [-0.15, -0.1) is 0 Å². The minimum absolute atomic E-state index is 1.07. The highest BCUT2D eigenvalue weighted by Crippen LogP contribution is 2.30. The fourth-order valence-corrected chi connectivity index (χ4v) is 2.43. The minimum Gasteiger partial charge on any atom is -0.307 e. The van der Waals surface area contributed by atoms with Crippen molar-refractivity contribution < 1.29 is 0 Å². The summed E-state index contributed by atoms with van der Waals surface area (Å²) in [6, 6.07) is 10.5. The summed E-state index contributed by atoms with van der Waals surface area (Å²) in [4.78, 5) is 2.30. The first-order valence-electron chi connectivity index (χ1n) is 6.71. The second-order valence-electron chi connectivity index (χ2n) is 4.82. The van der Waals surface area contributed by atoms with Gasteiger partial charge in [-0.05, 0) is 55.7 Å². The molecule has 0 N–H and O–H groups in total. The van der Waals surface area contributed by atoms with E-state index < -0.39 is 0 Å². The molecular weight excluding hydrogens is 230 g/mol. The van der Waals surface area contributed by atoms with E-state index in [1.807, 2.05) is 0 Å². The molecule has 1 aromatic rings. The first kappa shape index (κ1) is 11.8. The first-order chi connectivity index (χ1) is 9.34. The van der Waals surface area contributed by atoms with Gasteiger partial charge < -0.3 is 4.90 Å². The number of benzene rings is 1. The van der Waals surface area contributed by atoms with E-state index >= 15 is 0 Å². The molecule has 0 saturated carbocycles. The van der Waals surface area contributed by atoms with Crippen LogP contribution in [-0.2, 0) is 0 Å². The smallest absolute Gasteiger partial charge is 0.0890 e. The van der Waals surface area contributed by atoms with Gasteiger partial charge in [-0.2, -0.15) is 0 Å². The Morgan fingerprint density at radius 1 is 1.11 bits per heavy atom. The number of anilines is 1. The average Bonchev–Trinajstić information content (AvgIpc) is 2.88. The van der Waals surface area contributed by atoms with Gasteiger partial charge in [-0.3, -0.25) is 0 Å². The van der Waals surface area contributed by atoms with E-state index in [1.165, 1.54) is 17.0 Å². The second-order valence-corrected chi connectivity index (χ2v) is 4.82. The Morgan fingerprint density at radius 3 is 2.58 bits per heavy atom. The predicted molar refractivity (Wildman–Crippen MR) is 80.7 cm³/mol. The number of hydrogen-bond donors (Lipinski definition) is 0. The number of rotatable bonds is 3. The van der Waals surface area contributed by atoms with Crippen molar-refractivity contribution in [2.45, 2.75) is 19.8 Å². The van der Waals surface area contributed by atoms with Gasteiger partial charge in [-0.25, -0.2) is 0 Å². The minimum atomic E-state index is 1.07. The van der Waals surface area contributed by atoms with Gasteiger partial charge in [0.2, 0.25) is 0 Å². The molecule has 0 spiro atoms. The Labute approximate surface area is 114 Å². The largest absolute Gasteiger partial charge is 0.307 e.